The molecule has 0 fully saturated rings. The average molecular weight is 166 g/mol. The number of nitrogens with one attached hydrogen (secondary N) is 1. The van der Waals surface area contributed by atoms with Crippen molar-refractivity contribution in [3.05, 3.63) is 28.4 Å². The molecule has 0 aliphatic rings. The molecule has 1 heterocycles. The fourth-order valence-electron chi connectivity index (χ4n) is 0.723. The Kier molecular flexibility index (Phi) is 1.88. The van der Waals surface area contributed by atoms with Gasteiger partial charge in [0.1, 0.15) is 6.20 Å². The van der Waals surface area contributed by atoms with Gasteiger partial charge in [-0.25, -0.2) is 4.79 Å². The molecule has 0 aliphatic heterocycles. The number of carbonyl (C=O) groups is 1. The lowest BCUT2D eigenvalue weighted by atomic mass is 10.4. The summed E-state index contributed by atoms with van der Waals surface area (Å²) in [5, 5.41) is 16.9. The molecule has 6 heteroatoms. The fraction of sp³-hybridized carbons (Fsp3) is 0. The van der Waals surface area contributed by atoms with Crippen molar-refractivity contribution in [2.24, 2.45) is 0 Å². The molecule has 0 bridgehead atoms. The Bertz CT molecular complexity index is 415. The highest BCUT2D eigenvalue weighted by Gasteiger charge is 2.18. The lowest BCUT2D eigenvalue weighted by molar-refractivity contribution is -0.591. The van der Waals surface area contributed by atoms with Crippen LogP contribution >= 0.6 is 0 Å². The number of hydrogen-bond acceptors (Lipinski definition) is 3. The number of nitriles is 1. The van der Waals surface area contributed by atoms with Crippen LogP contribution in [0.3, 0.4) is 0 Å². The monoisotopic (exact) mass is 166 g/mol. The van der Waals surface area contributed by atoms with E-state index in [2.05, 4.69) is 4.98 Å². The van der Waals surface area contributed by atoms with E-state index in [1.807, 2.05) is 0 Å². The van der Waals surface area contributed by atoms with Crippen molar-refractivity contribution in [1.82, 2.24) is 4.98 Å². The van der Waals surface area contributed by atoms with Crippen LogP contribution in [0, 0.1) is 11.5 Å². The van der Waals surface area contributed by atoms with E-state index in [4.69, 9.17) is 10.4 Å². The van der Waals surface area contributed by atoms with E-state index in [0.717, 1.165) is 6.20 Å². The first kappa shape index (κ1) is 7.94. The van der Waals surface area contributed by atoms with Crippen molar-refractivity contribution in [3.63, 3.8) is 0 Å². The zero-order valence-corrected chi connectivity index (χ0v) is 5.81. The minimum Gasteiger partial charge on any atom is -0.475 e. The molecule has 0 aliphatic carbocycles. The van der Waals surface area contributed by atoms with Gasteiger partial charge in [-0.1, -0.05) is 0 Å². The number of nitrogens with zero attached hydrogens (tertiary/aromatic N) is 2. The first-order valence-corrected chi connectivity index (χ1v) is 2.93. The van der Waals surface area contributed by atoms with E-state index in [0.29, 0.717) is 4.57 Å². The van der Waals surface area contributed by atoms with Crippen LogP contribution < -0.4 is 10.1 Å². The van der Waals surface area contributed by atoms with Gasteiger partial charge in [-0.05, 0) is 0 Å². The van der Waals surface area contributed by atoms with E-state index in [9.17, 15) is 9.59 Å². The molecule has 1 aromatic heterocycles. The molecule has 0 atom stereocenters. The van der Waals surface area contributed by atoms with Crippen molar-refractivity contribution in [2.45, 2.75) is 0 Å². The van der Waals surface area contributed by atoms with Crippen LogP contribution in [0.15, 0.2) is 17.2 Å². The third-order valence-electron chi connectivity index (χ3n) is 1.20. The molecule has 0 saturated heterocycles. The summed E-state index contributed by atoms with van der Waals surface area (Å²) in [6.45, 7) is 0. The molecule has 0 amide bonds. The molecule has 0 saturated carbocycles. The Morgan fingerprint density at radius 1 is 1.75 bits per heavy atom. The first-order chi connectivity index (χ1) is 5.66. The summed E-state index contributed by atoms with van der Waals surface area (Å²) in [6, 6.07) is 0. The van der Waals surface area contributed by atoms with Gasteiger partial charge in [-0.3, -0.25) is 4.79 Å². The van der Waals surface area contributed by atoms with Gasteiger partial charge in [0.2, 0.25) is 0 Å². The predicted octanol–water partition coefficient (Wildman–Crippen LogP) is -1.31. The van der Waals surface area contributed by atoms with Crippen LogP contribution in [0.5, 0.6) is 0 Å². The van der Waals surface area contributed by atoms with Gasteiger partial charge in [-0.2, -0.15) is 0 Å². The second-order valence-corrected chi connectivity index (χ2v) is 1.91. The summed E-state index contributed by atoms with van der Waals surface area (Å²) >= 11 is 0. The Morgan fingerprint density at radius 3 is 2.83 bits per heavy atom. The highest BCUT2D eigenvalue weighted by Crippen LogP contribution is 1.78. The molecule has 0 radical (unpaired) electrons. The Morgan fingerprint density at radius 2 is 2.42 bits per heavy atom. The number of aromatic nitrogens is 2. The lowest BCUT2D eigenvalue weighted by Gasteiger charge is -1.89. The van der Waals surface area contributed by atoms with Crippen LogP contribution in [0.1, 0.15) is 10.5 Å². The van der Waals surface area contributed by atoms with E-state index in [1.165, 1.54) is 12.4 Å². The molecule has 12 heavy (non-hydrogen) atoms. The normalized spacial score (nSPS) is 8.92. The summed E-state index contributed by atoms with van der Waals surface area (Å²) in [6.07, 6.45) is 3.88. The molecule has 0 aromatic carbocycles. The predicted molar refractivity (Wildman–Crippen MR) is 35.2 cm³/mol. The van der Waals surface area contributed by atoms with Crippen molar-refractivity contribution >= 4 is 5.97 Å². The molecule has 2 N–H and O–H groups in total. The largest absolute Gasteiger partial charge is 0.475 e. The quantitative estimate of drug-likeness (QED) is 0.506. The van der Waals surface area contributed by atoms with Crippen molar-refractivity contribution in [1.29, 1.82) is 5.26 Å². The standard InChI is InChI=1S/C6H3N3O3/c7-3-9-2-1-8-5(10)4(9)6(11)12/h1-2H,(H-,8,10,11,12)/p+1. The maximum absolute atomic E-state index is 10.8. The highest BCUT2D eigenvalue weighted by atomic mass is 16.4. The van der Waals surface area contributed by atoms with Crippen LogP contribution in [-0.2, 0) is 0 Å². The topological polar surface area (TPSA) is 97.8 Å². The van der Waals surface area contributed by atoms with Gasteiger partial charge in [0, 0.05) is 6.20 Å². The van der Waals surface area contributed by atoms with Crippen LogP contribution in [0.4, 0.5) is 0 Å². The van der Waals surface area contributed by atoms with Crippen LogP contribution in [0.25, 0.3) is 0 Å². The minimum atomic E-state index is -1.43. The minimum absolute atomic E-state index is 0.597. The zero-order chi connectivity index (χ0) is 9.14. The number of aromatic carboxylic acids is 1. The SMILES string of the molecule is N#C[n+]1cc[nH]c(=O)c1C(=O)O. The van der Waals surface area contributed by atoms with E-state index in [1.54, 1.807) is 0 Å². The number of hydrogen-bond donors (Lipinski definition) is 2. The first-order valence-electron chi connectivity index (χ1n) is 2.93. The second kappa shape index (κ2) is 2.84. The fourth-order valence-corrected chi connectivity index (χ4v) is 0.723. The maximum atomic E-state index is 10.8. The smallest absolute Gasteiger partial charge is 0.464 e. The highest BCUT2D eigenvalue weighted by molar-refractivity contribution is 5.83. The zero-order valence-electron chi connectivity index (χ0n) is 5.81. The number of carboxylic acid groups (broad SMARTS) is 1. The van der Waals surface area contributed by atoms with Crippen molar-refractivity contribution < 1.29 is 14.5 Å². The van der Waals surface area contributed by atoms with E-state index >= 15 is 0 Å². The molecule has 6 nitrogen and oxygen atoms in total. The van der Waals surface area contributed by atoms with Gasteiger partial charge in [0.15, 0.2) is 5.26 Å². The summed E-state index contributed by atoms with van der Waals surface area (Å²) in [7, 11) is 0. The molecule has 1 rings (SSSR count). The molecule has 60 valence electrons. The van der Waals surface area contributed by atoms with E-state index < -0.39 is 17.2 Å². The second-order valence-electron chi connectivity index (χ2n) is 1.91. The Labute approximate surface area is 66.3 Å². The van der Waals surface area contributed by atoms with E-state index in [-0.39, 0.29) is 0 Å². The lowest BCUT2D eigenvalue weighted by Crippen LogP contribution is -2.42. The molecular formula is C6H4N3O3+. The van der Waals surface area contributed by atoms with Crippen LogP contribution in [-0.4, -0.2) is 16.1 Å². The van der Waals surface area contributed by atoms with Crippen molar-refractivity contribution in [3.8, 4) is 6.19 Å². The molecule has 0 spiro atoms. The Hall–Kier alpha value is -2.16. The summed E-state index contributed by atoms with van der Waals surface area (Å²) in [5.74, 6) is -1.43. The number of rotatable bonds is 1. The van der Waals surface area contributed by atoms with Gasteiger partial charge in [-0.15, -0.1) is 4.57 Å². The van der Waals surface area contributed by atoms with Gasteiger partial charge < -0.3 is 10.1 Å². The van der Waals surface area contributed by atoms with Crippen molar-refractivity contribution in [2.75, 3.05) is 0 Å². The Balaban J connectivity index is 3.54. The number of carboxylic acids is 1. The summed E-state index contributed by atoms with van der Waals surface area (Å²) < 4.78 is 0.682. The van der Waals surface area contributed by atoms with Gasteiger partial charge >= 0.3 is 17.7 Å². The van der Waals surface area contributed by atoms with Gasteiger partial charge in [0.05, 0.1) is 0 Å². The van der Waals surface area contributed by atoms with Gasteiger partial charge in [0.25, 0.3) is 5.69 Å². The third kappa shape index (κ3) is 1.15. The molecule has 0 unspecified atom stereocenters. The third-order valence-corrected chi connectivity index (χ3v) is 1.20. The number of H-pyrrole nitrogens is 1. The number of aromatic amines is 1. The summed E-state index contributed by atoms with van der Waals surface area (Å²) in [5.41, 5.74) is -1.40. The molecule has 1 aromatic rings. The summed E-state index contributed by atoms with van der Waals surface area (Å²) in [4.78, 5) is 23.4. The van der Waals surface area contributed by atoms with Crippen LogP contribution in [0.2, 0.25) is 0 Å². The molecular weight excluding hydrogens is 162 g/mol. The average Bonchev–Trinajstić information content (AvgIpc) is 2.03. The maximum Gasteiger partial charge on any atom is 0.464 e.